The number of nitrogens with one attached hydrogen (secondary N) is 2. The molecule has 31 heavy (non-hydrogen) atoms. The van der Waals surface area contributed by atoms with Gasteiger partial charge in [-0.05, 0) is 55.9 Å². The van der Waals surface area contributed by atoms with Crippen LogP contribution in [-0.4, -0.2) is 59.0 Å². The van der Waals surface area contributed by atoms with Gasteiger partial charge in [0, 0.05) is 38.4 Å². The third-order valence-corrected chi connectivity index (χ3v) is 6.45. The number of hydrogen-bond donors (Lipinski definition) is 2. The molecule has 7 nitrogen and oxygen atoms in total. The molecule has 10 heteroatoms. The van der Waals surface area contributed by atoms with Gasteiger partial charge in [0.2, 0.25) is 10.0 Å². The van der Waals surface area contributed by atoms with Crippen molar-refractivity contribution in [2.24, 2.45) is 4.99 Å². The topological polar surface area (TPSA) is 77.0 Å². The summed E-state index contributed by atoms with van der Waals surface area (Å²) < 4.78 is 39.1. The van der Waals surface area contributed by atoms with Crippen molar-refractivity contribution in [3.05, 3.63) is 59.9 Å². The second kappa shape index (κ2) is 11.6. The minimum atomic E-state index is -3.43. The van der Waals surface area contributed by atoms with Crippen LogP contribution in [0.15, 0.2) is 58.4 Å². The first-order chi connectivity index (χ1) is 14.4. The zero-order valence-corrected chi connectivity index (χ0v) is 20.9. The highest BCUT2D eigenvalue weighted by atomic mass is 127. The second-order valence-corrected chi connectivity index (χ2v) is 8.86. The number of piperazine rings is 1. The first-order valence-electron chi connectivity index (χ1n) is 9.99. The number of rotatable bonds is 6. The lowest BCUT2D eigenvalue weighted by Crippen LogP contribution is -2.52. The van der Waals surface area contributed by atoms with Gasteiger partial charge in [0.15, 0.2) is 5.96 Å². The van der Waals surface area contributed by atoms with E-state index in [2.05, 4.69) is 19.8 Å². The number of sulfonamides is 1. The van der Waals surface area contributed by atoms with Crippen molar-refractivity contribution in [3.63, 3.8) is 0 Å². The van der Waals surface area contributed by atoms with Gasteiger partial charge in [0.05, 0.1) is 11.4 Å². The van der Waals surface area contributed by atoms with Crippen molar-refractivity contribution in [1.29, 1.82) is 0 Å². The van der Waals surface area contributed by atoms with Crippen LogP contribution in [-0.2, 0) is 16.6 Å². The lowest BCUT2D eigenvalue weighted by atomic mass is 10.2. The maximum atomic E-state index is 13.1. The third-order valence-electron chi connectivity index (χ3n) is 5.02. The largest absolute Gasteiger partial charge is 0.368 e. The fourth-order valence-electron chi connectivity index (χ4n) is 3.31. The molecule has 1 aliphatic heterocycles. The summed E-state index contributed by atoms with van der Waals surface area (Å²) in [5, 5.41) is 3.33. The van der Waals surface area contributed by atoms with E-state index in [1.54, 1.807) is 24.3 Å². The van der Waals surface area contributed by atoms with E-state index in [0.717, 1.165) is 49.9 Å². The highest BCUT2D eigenvalue weighted by Crippen LogP contribution is 2.17. The minimum absolute atomic E-state index is 0. The maximum absolute atomic E-state index is 13.1. The highest BCUT2D eigenvalue weighted by molar-refractivity contribution is 14.0. The van der Waals surface area contributed by atoms with Crippen molar-refractivity contribution in [1.82, 2.24) is 14.9 Å². The first kappa shape index (κ1) is 25.3. The lowest BCUT2D eigenvalue weighted by molar-refractivity contribution is 0.372. The van der Waals surface area contributed by atoms with Gasteiger partial charge < -0.3 is 15.1 Å². The van der Waals surface area contributed by atoms with Crippen LogP contribution in [0.1, 0.15) is 12.5 Å². The average molecular weight is 561 g/mol. The van der Waals surface area contributed by atoms with E-state index in [4.69, 9.17) is 4.99 Å². The number of halogens is 2. The summed E-state index contributed by atoms with van der Waals surface area (Å²) in [6.07, 6.45) is 0. The number of aliphatic imine (C=N–C) groups is 1. The van der Waals surface area contributed by atoms with Crippen LogP contribution in [0.5, 0.6) is 0 Å². The second-order valence-electron chi connectivity index (χ2n) is 6.97. The molecule has 0 atom stereocenters. The zero-order valence-electron chi connectivity index (χ0n) is 17.7. The first-order valence-corrected chi connectivity index (χ1v) is 11.5. The Hall–Kier alpha value is -1.92. The van der Waals surface area contributed by atoms with Crippen LogP contribution < -0.4 is 14.9 Å². The van der Waals surface area contributed by atoms with Crippen LogP contribution in [0.3, 0.4) is 0 Å². The summed E-state index contributed by atoms with van der Waals surface area (Å²) in [5.74, 6) is 0.610. The summed E-state index contributed by atoms with van der Waals surface area (Å²) in [6, 6.07) is 13.3. The Bertz CT molecular complexity index is 960. The molecule has 2 aromatic carbocycles. The van der Waals surface area contributed by atoms with Gasteiger partial charge >= 0.3 is 0 Å². The molecule has 1 heterocycles. The molecule has 1 aliphatic rings. The quantitative estimate of drug-likeness (QED) is 0.322. The molecule has 0 aliphatic carbocycles. The number of anilines is 1. The lowest BCUT2D eigenvalue weighted by Gasteiger charge is -2.37. The van der Waals surface area contributed by atoms with Gasteiger partial charge in [-0.1, -0.05) is 12.1 Å². The summed E-state index contributed by atoms with van der Waals surface area (Å²) in [4.78, 5) is 9.41. The summed E-state index contributed by atoms with van der Waals surface area (Å²) in [6.45, 7) is 6.52. The number of nitrogens with zero attached hydrogens (tertiary/aromatic N) is 3. The summed E-state index contributed by atoms with van der Waals surface area (Å²) >= 11 is 0. The molecule has 1 fully saturated rings. The van der Waals surface area contributed by atoms with Crippen LogP contribution in [0, 0.1) is 5.82 Å². The van der Waals surface area contributed by atoms with Crippen LogP contribution >= 0.6 is 24.0 Å². The summed E-state index contributed by atoms with van der Waals surface area (Å²) in [7, 11) is -2.04. The molecule has 0 radical (unpaired) electrons. The Morgan fingerprint density at radius 3 is 2.19 bits per heavy atom. The predicted molar refractivity (Wildman–Crippen MR) is 133 cm³/mol. The van der Waals surface area contributed by atoms with E-state index in [1.807, 2.05) is 19.1 Å². The van der Waals surface area contributed by atoms with Crippen LogP contribution in [0.4, 0.5) is 10.1 Å². The van der Waals surface area contributed by atoms with Gasteiger partial charge in [0.1, 0.15) is 5.82 Å². The molecule has 170 valence electrons. The monoisotopic (exact) mass is 561 g/mol. The molecule has 0 spiro atoms. The van der Waals surface area contributed by atoms with Gasteiger partial charge in [-0.2, -0.15) is 0 Å². The van der Waals surface area contributed by atoms with Crippen molar-refractivity contribution in [2.45, 2.75) is 18.4 Å². The fourth-order valence-corrected chi connectivity index (χ4v) is 4.04. The van der Waals surface area contributed by atoms with E-state index in [1.165, 1.54) is 19.2 Å². The zero-order chi connectivity index (χ0) is 21.6. The highest BCUT2D eigenvalue weighted by Gasteiger charge is 2.20. The van der Waals surface area contributed by atoms with E-state index < -0.39 is 10.0 Å². The Labute approximate surface area is 200 Å². The van der Waals surface area contributed by atoms with Gasteiger partial charge in [-0.25, -0.2) is 22.5 Å². The van der Waals surface area contributed by atoms with E-state index in [9.17, 15) is 12.8 Å². The summed E-state index contributed by atoms with van der Waals surface area (Å²) in [5.41, 5.74) is 1.96. The normalized spacial score (nSPS) is 14.9. The Balaban J connectivity index is 0.00000341. The van der Waals surface area contributed by atoms with E-state index in [-0.39, 0.29) is 34.7 Å². The number of benzene rings is 2. The number of guanidine groups is 1. The molecule has 0 saturated carbocycles. The smallest absolute Gasteiger partial charge is 0.240 e. The van der Waals surface area contributed by atoms with Crippen molar-refractivity contribution >= 4 is 45.6 Å². The molecule has 1 saturated heterocycles. The Morgan fingerprint density at radius 1 is 1.03 bits per heavy atom. The van der Waals surface area contributed by atoms with Gasteiger partial charge in [0.25, 0.3) is 0 Å². The van der Waals surface area contributed by atoms with Gasteiger partial charge in [-0.15, -0.1) is 24.0 Å². The van der Waals surface area contributed by atoms with Crippen molar-refractivity contribution in [2.75, 3.05) is 44.7 Å². The molecule has 0 amide bonds. The Morgan fingerprint density at radius 2 is 1.65 bits per heavy atom. The molecule has 0 aromatic heterocycles. The Kier molecular flexibility index (Phi) is 9.51. The molecular formula is C21H29FIN5O2S. The average Bonchev–Trinajstić information content (AvgIpc) is 2.77. The predicted octanol–water partition coefficient (Wildman–Crippen LogP) is 2.64. The molecule has 0 unspecified atom stereocenters. The molecule has 0 bridgehead atoms. The SMILES string of the molecule is CCNC(=NCc1ccc(S(=O)(=O)NC)cc1)N1CCN(c2ccc(F)cc2)CC1.I. The molecule has 2 aromatic rings. The van der Waals surface area contributed by atoms with Crippen LogP contribution in [0.25, 0.3) is 0 Å². The van der Waals surface area contributed by atoms with Crippen LogP contribution in [0.2, 0.25) is 0 Å². The standard InChI is InChI=1S/C21H28FN5O2S.HI/c1-3-24-21(25-16-17-4-10-20(11-5-17)30(28,29)23-2)27-14-12-26(13-15-27)19-8-6-18(22)7-9-19;/h4-11,23H,3,12-16H2,1-2H3,(H,24,25);1H. The minimum Gasteiger partial charge on any atom is -0.368 e. The van der Waals surface area contributed by atoms with E-state index in [0.29, 0.717) is 6.54 Å². The van der Waals surface area contributed by atoms with E-state index >= 15 is 0 Å². The maximum Gasteiger partial charge on any atom is 0.240 e. The third kappa shape index (κ3) is 6.78. The van der Waals surface area contributed by atoms with Crippen molar-refractivity contribution < 1.29 is 12.8 Å². The van der Waals surface area contributed by atoms with Gasteiger partial charge in [-0.3, -0.25) is 0 Å². The molecule has 2 N–H and O–H groups in total. The molecular weight excluding hydrogens is 532 g/mol. The van der Waals surface area contributed by atoms with Crippen molar-refractivity contribution in [3.8, 4) is 0 Å². The fraction of sp³-hybridized carbons (Fsp3) is 0.381. The molecule has 3 rings (SSSR count). The number of hydrogen-bond acceptors (Lipinski definition) is 4.